The van der Waals surface area contributed by atoms with E-state index >= 15 is 0 Å². The summed E-state index contributed by atoms with van der Waals surface area (Å²) in [6, 6.07) is 11.6. The number of anilines is 2. The number of likely N-dealkylation sites (N-methyl/N-ethyl adjacent to an activating group) is 1. The Morgan fingerprint density at radius 1 is 1.17 bits per heavy atom. The van der Waals surface area contributed by atoms with Crippen molar-refractivity contribution in [3.05, 3.63) is 58.1 Å². The lowest BCUT2D eigenvalue weighted by atomic mass is 9.96. The number of amides is 4. The summed E-state index contributed by atoms with van der Waals surface area (Å²) in [7, 11) is 3.89. The predicted molar refractivity (Wildman–Crippen MR) is 122 cm³/mol. The third kappa shape index (κ3) is 5.56. The van der Waals surface area contributed by atoms with Crippen molar-refractivity contribution in [3.63, 3.8) is 0 Å². The number of nitrogens with one attached hydrogen (secondary N) is 3. The zero-order chi connectivity index (χ0) is 21.7. The molecule has 4 amide bonds. The van der Waals surface area contributed by atoms with Crippen LogP contribution in [-0.4, -0.2) is 50.7 Å². The van der Waals surface area contributed by atoms with E-state index in [0.29, 0.717) is 46.5 Å². The molecule has 0 aliphatic carbocycles. The summed E-state index contributed by atoms with van der Waals surface area (Å²) in [4.78, 5) is 28.9. The highest BCUT2D eigenvalue weighted by molar-refractivity contribution is 6.36. The molecule has 3 rings (SSSR count). The first-order chi connectivity index (χ1) is 14.3. The maximum atomic E-state index is 12.7. The van der Waals surface area contributed by atoms with Gasteiger partial charge in [-0.15, -0.1) is 0 Å². The van der Waals surface area contributed by atoms with E-state index in [1.807, 2.05) is 37.2 Å². The third-order valence-electron chi connectivity index (χ3n) is 4.77. The summed E-state index contributed by atoms with van der Waals surface area (Å²) in [6.45, 7) is 1.67. The van der Waals surface area contributed by atoms with Crippen molar-refractivity contribution in [2.24, 2.45) is 0 Å². The lowest BCUT2D eigenvalue weighted by Gasteiger charge is -2.35. The molecule has 0 bridgehead atoms. The zero-order valence-electron chi connectivity index (χ0n) is 16.9. The van der Waals surface area contributed by atoms with Crippen LogP contribution in [0.3, 0.4) is 0 Å². The van der Waals surface area contributed by atoms with Gasteiger partial charge in [0, 0.05) is 40.9 Å². The number of urea groups is 2. The molecule has 0 saturated carbocycles. The van der Waals surface area contributed by atoms with Gasteiger partial charge in [0.1, 0.15) is 0 Å². The minimum absolute atomic E-state index is 0.219. The van der Waals surface area contributed by atoms with Crippen LogP contribution in [0.1, 0.15) is 18.0 Å². The molecule has 0 fully saturated rings. The van der Waals surface area contributed by atoms with Gasteiger partial charge in [-0.2, -0.15) is 0 Å². The largest absolute Gasteiger partial charge is 0.336 e. The van der Waals surface area contributed by atoms with Gasteiger partial charge in [-0.05, 0) is 44.8 Å². The Bertz CT molecular complexity index is 908. The second kappa shape index (κ2) is 10.0. The molecule has 160 valence electrons. The number of nitrogens with zero attached hydrogens (tertiary/aromatic N) is 2. The second-order valence-corrected chi connectivity index (χ2v) is 8.16. The highest BCUT2D eigenvalue weighted by Gasteiger charge is 2.32. The maximum absolute atomic E-state index is 12.7. The average Bonchev–Trinajstić information content (AvgIpc) is 2.68. The molecule has 0 saturated heterocycles. The summed E-state index contributed by atoms with van der Waals surface area (Å²) in [5.41, 5.74) is 1.97. The Balaban J connectivity index is 1.77. The number of rotatable bonds is 5. The van der Waals surface area contributed by atoms with Crippen LogP contribution in [0.25, 0.3) is 0 Å². The summed E-state index contributed by atoms with van der Waals surface area (Å²) < 4.78 is 0. The van der Waals surface area contributed by atoms with Crippen LogP contribution in [0.5, 0.6) is 0 Å². The minimum Gasteiger partial charge on any atom is -0.336 e. The van der Waals surface area contributed by atoms with Gasteiger partial charge in [0.25, 0.3) is 0 Å². The Hall–Kier alpha value is -2.48. The van der Waals surface area contributed by atoms with E-state index in [1.165, 1.54) is 0 Å². The fourth-order valence-corrected chi connectivity index (χ4v) is 3.96. The Morgan fingerprint density at radius 2 is 1.90 bits per heavy atom. The number of fused-ring (bicyclic) bond motifs is 1. The van der Waals surface area contributed by atoms with Crippen LogP contribution in [0.4, 0.5) is 21.0 Å². The number of carbonyl (C=O) groups is 2. The molecule has 1 aliphatic rings. The van der Waals surface area contributed by atoms with Gasteiger partial charge in [-0.25, -0.2) is 9.59 Å². The zero-order valence-corrected chi connectivity index (χ0v) is 18.4. The van der Waals surface area contributed by atoms with Crippen molar-refractivity contribution in [1.82, 2.24) is 15.5 Å². The summed E-state index contributed by atoms with van der Waals surface area (Å²) in [5, 5.41) is 9.52. The van der Waals surface area contributed by atoms with E-state index in [-0.39, 0.29) is 18.1 Å². The predicted octanol–water partition coefficient (Wildman–Crippen LogP) is 4.34. The number of hydrogen-bond donors (Lipinski definition) is 3. The Kier molecular flexibility index (Phi) is 7.42. The summed E-state index contributed by atoms with van der Waals surface area (Å²) in [6.07, 6.45) is 0.525. The van der Waals surface area contributed by atoms with Crippen molar-refractivity contribution in [1.29, 1.82) is 0 Å². The first-order valence-corrected chi connectivity index (χ1v) is 10.4. The van der Waals surface area contributed by atoms with E-state index < -0.39 is 0 Å². The Morgan fingerprint density at radius 3 is 2.60 bits per heavy atom. The normalized spacial score (nSPS) is 15.5. The van der Waals surface area contributed by atoms with E-state index in [2.05, 4.69) is 16.0 Å². The van der Waals surface area contributed by atoms with E-state index in [4.69, 9.17) is 23.2 Å². The lowest BCUT2D eigenvalue weighted by molar-refractivity contribution is 0.242. The van der Waals surface area contributed by atoms with Crippen LogP contribution in [0.2, 0.25) is 10.0 Å². The number of halogens is 2. The molecule has 2 aromatic carbocycles. The van der Waals surface area contributed by atoms with Crippen molar-refractivity contribution in [3.8, 4) is 0 Å². The van der Waals surface area contributed by atoms with Crippen molar-refractivity contribution >= 4 is 46.6 Å². The maximum Gasteiger partial charge on any atom is 0.321 e. The second-order valence-electron chi connectivity index (χ2n) is 7.31. The van der Waals surface area contributed by atoms with E-state index in [1.54, 1.807) is 29.2 Å². The molecule has 1 heterocycles. The molecule has 0 radical (unpaired) electrons. The summed E-state index contributed by atoms with van der Waals surface area (Å²) in [5.74, 6) is 0. The SMILES string of the molecule is CN(C)CCNC(=O)N1CCC(NC(=O)Nc2ccccc2)c2c(Cl)cc(Cl)cc21. The van der Waals surface area contributed by atoms with Crippen LogP contribution in [0, 0.1) is 0 Å². The molecule has 1 atom stereocenters. The topological polar surface area (TPSA) is 76.7 Å². The average molecular weight is 450 g/mol. The number of carbonyl (C=O) groups excluding carboxylic acids is 2. The smallest absolute Gasteiger partial charge is 0.321 e. The van der Waals surface area contributed by atoms with E-state index in [0.717, 1.165) is 6.54 Å². The van der Waals surface area contributed by atoms with Crippen molar-refractivity contribution in [2.45, 2.75) is 12.5 Å². The van der Waals surface area contributed by atoms with Crippen molar-refractivity contribution in [2.75, 3.05) is 43.9 Å². The molecule has 1 unspecified atom stereocenters. The standard InChI is InChI=1S/C21H25Cl2N5O2/c1-27(2)11-9-24-21(30)28-10-8-17(19-16(23)12-14(22)13-18(19)28)26-20(29)25-15-6-4-3-5-7-15/h3-7,12-13,17H,8-11H2,1-2H3,(H,24,30)(H2,25,26,29). The van der Waals surface area contributed by atoms with Gasteiger partial charge in [-0.3, -0.25) is 4.90 Å². The van der Waals surface area contributed by atoms with Gasteiger partial charge in [0.2, 0.25) is 0 Å². The summed E-state index contributed by atoms with van der Waals surface area (Å²) >= 11 is 12.7. The lowest BCUT2D eigenvalue weighted by Crippen LogP contribution is -2.47. The third-order valence-corrected chi connectivity index (χ3v) is 5.30. The molecule has 0 spiro atoms. The fraction of sp³-hybridized carbons (Fsp3) is 0.333. The van der Waals surface area contributed by atoms with Crippen molar-refractivity contribution < 1.29 is 9.59 Å². The van der Waals surface area contributed by atoms with Crippen LogP contribution < -0.4 is 20.9 Å². The van der Waals surface area contributed by atoms with Gasteiger partial charge < -0.3 is 20.9 Å². The van der Waals surface area contributed by atoms with Crippen LogP contribution >= 0.6 is 23.2 Å². The number of benzene rings is 2. The van der Waals surface area contributed by atoms with Gasteiger partial charge in [0.05, 0.1) is 11.7 Å². The van der Waals surface area contributed by atoms with Gasteiger partial charge in [0.15, 0.2) is 0 Å². The number of hydrogen-bond acceptors (Lipinski definition) is 3. The fourth-order valence-electron chi connectivity index (χ4n) is 3.35. The van der Waals surface area contributed by atoms with Crippen LogP contribution in [-0.2, 0) is 0 Å². The molecule has 7 nitrogen and oxygen atoms in total. The highest BCUT2D eigenvalue weighted by Crippen LogP contribution is 2.40. The Labute approximate surface area is 186 Å². The highest BCUT2D eigenvalue weighted by atomic mass is 35.5. The van der Waals surface area contributed by atoms with Gasteiger partial charge >= 0.3 is 12.1 Å². The molecule has 1 aliphatic heterocycles. The molecule has 2 aromatic rings. The van der Waals surface area contributed by atoms with Crippen LogP contribution in [0.15, 0.2) is 42.5 Å². The first-order valence-electron chi connectivity index (χ1n) is 9.66. The molecular weight excluding hydrogens is 425 g/mol. The van der Waals surface area contributed by atoms with Gasteiger partial charge in [-0.1, -0.05) is 41.4 Å². The molecular formula is C21H25Cl2N5O2. The monoisotopic (exact) mass is 449 g/mol. The number of para-hydroxylation sites is 1. The first kappa shape index (κ1) is 22.2. The molecule has 9 heteroatoms. The molecule has 3 N–H and O–H groups in total. The molecule has 30 heavy (non-hydrogen) atoms. The quantitative estimate of drug-likeness (QED) is 0.635. The van der Waals surface area contributed by atoms with E-state index in [9.17, 15) is 9.59 Å². The molecule has 0 aromatic heterocycles. The minimum atomic E-state index is -0.348.